The Hall–Kier alpha value is -0.110. The molecule has 0 aromatic heterocycles. The Morgan fingerprint density at radius 1 is 1.21 bits per heavy atom. The molecule has 106 valence electrons. The van der Waals surface area contributed by atoms with E-state index in [1.165, 1.54) is 6.42 Å². The number of hydrogen-bond acceptors (Lipinski definition) is 3. The van der Waals surface area contributed by atoms with Crippen LogP contribution >= 0.6 is 15.9 Å². The molecule has 3 nitrogen and oxygen atoms in total. The SMILES string of the molecule is CC1(C)CCC[C@@]2(C#N)CC3(OCCO3)[C@@H](Br)C[C@H]12. The molecule has 19 heavy (non-hydrogen) atoms. The van der Waals surface area contributed by atoms with Crippen molar-refractivity contribution in [3.8, 4) is 6.07 Å². The summed E-state index contributed by atoms with van der Waals surface area (Å²) in [5.74, 6) is -0.124. The van der Waals surface area contributed by atoms with Gasteiger partial charge in [-0.05, 0) is 30.6 Å². The normalized spacial score (nSPS) is 43.7. The van der Waals surface area contributed by atoms with Gasteiger partial charge in [0.25, 0.3) is 0 Å². The number of rotatable bonds is 0. The van der Waals surface area contributed by atoms with Gasteiger partial charge in [0, 0.05) is 6.42 Å². The van der Waals surface area contributed by atoms with Crippen LogP contribution in [0.1, 0.15) is 46.0 Å². The number of alkyl halides is 1. The first-order valence-corrected chi connectivity index (χ1v) is 8.19. The van der Waals surface area contributed by atoms with Crippen LogP contribution in [-0.4, -0.2) is 23.8 Å². The molecule has 1 saturated heterocycles. The first-order valence-electron chi connectivity index (χ1n) is 7.27. The van der Waals surface area contributed by atoms with E-state index < -0.39 is 5.79 Å². The minimum absolute atomic E-state index is 0.200. The van der Waals surface area contributed by atoms with Gasteiger partial charge < -0.3 is 9.47 Å². The fourth-order valence-corrected chi connectivity index (χ4v) is 5.38. The van der Waals surface area contributed by atoms with Crippen molar-refractivity contribution >= 4 is 15.9 Å². The van der Waals surface area contributed by atoms with Gasteiger partial charge in [0.05, 0.1) is 29.5 Å². The van der Waals surface area contributed by atoms with Crippen molar-refractivity contribution in [2.75, 3.05) is 13.2 Å². The number of nitrogens with zero attached hydrogens (tertiary/aromatic N) is 1. The maximum Gasteiger partial charge on any atom is 0.182 e. The zero-order chi connectivity index (χ0) is 13.7. The predicted octanol–water partition coefficient (Wildman–Crippen LogP) is 3.62. The van der Waals surface area contributed by atoms with Gasteiger partial charge in [-0.25, -0.2) is 0 Å². The number of halogens is 1. The van der Waals surface area contributed by atoms with Gasteiger partial charge in [-0.3, -0.25) is 0 Å². The second-order valence-corrected chi connectivity index (χ2v) is 8.16. The molecule has 0 bridgehead atoms. The predicted molar refractivity (Wildman–Crippen MR) is 75.8 cm³/mol. The molecular weight excluding hydrogens is 306 g/mol. The molecule has 1 aliphatic heterocycles. The average molecular weight is 328 g/mol. The molecule has 1 heterocycles. The first-order chi connectivity index (χ1) is 8.94. The highest BCUT2D eigenvalue weighted by Crippen LogP contribution is 2.61. The first kappa shape index (κ1) is 13.9. The molecule has 0 amide bonds. The topological polar surface area (TPSA) is 42.2 Å². The number of nitriles is 1. The lowest BCUT2D eigenvalue weighted by Gasteiger charge is -2.56. The smallest absolute Gasteiger partial charge is 0.182 e. The average Bonchev–Trinajstić information content (AvgIpc) is 2.81. The van der Waals surface area contributed by atoms with E-state index in [1.807, 2.05) is 0 Å². The summed E-state index contributed by atoms with van der Waals surface area (Å²) < 4.78 is 11.8. The van der Waals surface area contributed by atoms with Gasteiger partial charge in [-0.2, -0.15) is 5.26 Å². The van der Waals surface area contributed by atoms with Crippen molar-refractivity contribution in [2.45, 2.75) is 56.6 Å². The molecule has 0 aromatic carbocycles. The van der Waals surface area contributed by atoms with Crippen LogP contribution in [0.5, 0.6) is 0 Å². The zero-order valence-electron chi connectivity index (χ0n) is 11.7. The monoisotopic (exact) mass is 327 g/mol. The molecule has 3 atom stereocenters. The third kappa shape index (κ3) is 1.97. The Morgan fingerprint density at radius 3 is 2.53 bits per heavy atom. The summed E-state index contributed by atoms with van der Waals surface area (Å²) in [7, 11) is 0. The second kappa shape index (κ2) is 4.44. The van der Waals surface area contributed by atoms with Crippen LogP contribution in [0.25, 0.3) is 0 Å². The molecule has 0 radical (unpaired) electrons. The molecule has 3 fully saturated rings. The summed E-state index contributed by atoms with van der Waals surface area (Å²) in [6.07, 6.45) is 5.04. The van der Waals surface area contributed by atoms with E-state index in [2.05, 4.69) is 35.8 Å². The van der Waals surface area contributed by atoms with E-state index in [-0.39, 0.29) is 15.7 Å². The molecule has 3 rings (SSSR count). The lowest BCUT2D eigenvalue weighted by molar-refractivity contribution is -0.213. The minimum atomic E-state index is -0.556. The number of fused-ring (bicyclic) bond motifs is 1. The Labute approximate surface area is 123 Å². The van der Waals surface area contributed by atoms with Crippen molar-refractivity contribution in [1.82, 2.24) is 0 Å². The molecule has 1 spiro atoms. The highest BCUT2D eigenvalue weighted by molar-refractivity contribution is 9.09. The summed E-state index contributed by atoms with van der Waals surface area (Å²) >= 11 is 3.78. The van der Waals surface area contributed by atoms with Crippen LogP contribution in [-0.2, 0) is 9.47 Å². The maximum absolute atomic E-state index is 9.86. The minimum Gasteiger partial charge on any atom is -0.346 e. The third-order valence-electron chi connectivity index (χ3n) is 5.53. The number of ether oxygens (including phenoxy) is 2. The quantitative estimate of drug-likeness (QED) is 0.638. The molecule has 2 saturated carbocycles. The molecule has 4 heteroatoms. The highest BCUT2D eigenvalue weighted by atomic mass is 79.9. The Morgan fingerprint density at radius 2 is 1.89 bits per heavy atom. The standard InChI is InChI=1S/C15H22BrNO2/c1-13(2)4-3-5-14(10-17)9-15(18-6-7-19-15)12(16)8-11(13)14/h11-12H,3-9H2,1-2H3/t11-,12+,14+/m1/s1. The largest absolute Gasteiger partial charge is 0.346 e. The highest BCUT2D eigenvalue weighted by Gasteiger charge is 2.61. The summed E-state index contributed by atoms with van der Waals surface area (Å²) in [6.45, 7) is 5.93. The van der Waals surface area contributed by atoms with E-state index >= 15 is 0 Å². The van der Waals surface area contributed by atoms with Crippen LogP contribution in [0.3, 0.4) is 0 Å². The summed E-state index contributed by atoms with van der Waals surface area (Å²) in [4.78, 5) is 0.200. The fraction of sp³-hybridized carbons (Fsp3) is 0.933. The Bertz CT molecular complexity index is 411. The van der Waals surface area contributed by atoms with Crippen molar-refractivity contribution in [3.05, 3.63) is 0 Å². The lowest BCUT2D eigenvalue weighted by atomic mass is 9.50. The van der Waals surface area contributed by atoms with Gasteiger partial charge in [0.1, 0.15) is 0 Å². The Balaban J connectivity index is 1.97. The third-order valence-corrected chi connectivity index (χ3v) is 6.61. The molecule has 3 aliphatic rings. The van der Waals surface area contributed by atoms with Crippen molar-refractivity contribution in [2.24, 2.45) is 16.7 Å². The summed E-state index contributed by atoms with van der Waals surface area (Å²) in [5.41, 5.74) is -0.0312. The number of hydrogen-bond donors (Lipinski definition) is 0. The van der Waals surface area contributed by atoms with Crippen molar-refractivity contribution < 1.29 is 9.47 Å². The molecule has 0 N–H and O–H groups in total. The van der Waals surface area contributed by atoms with Crippen LogP contribution in [0.15, 0.2) is 0 Å². The lowest BCUT2D eigenvalue weighted by Crippen LogP contribution is -2.57. The molecule has 0 aromatic rings. The van der Waals surface area contributed by atoms with Gasteiger partial charge in [0.2, 0.25) is 0 Å². The maximum atomic E-state index is 9.86. The van der Waals surface area contributed by atoms with E-state index in [4.69, 9.17) is 9.47 Å². The van der Waals surface area contributed by atoms with Crippen LogP contribution in [0.4, 0.5) is 0 Å². The van der Waals surface area contributed by atoms with Crippen LogP contribution in [0, 0.1) is 28.1 Å². The zero-order valence-corrected chi connectivity index (χ0v) is 13.3. The van der Waals surface area contributed by atoms with Gasteiger partial charge in [-0.15, -0.1) is 0 Å². The molecule has 2 aliphatic carbocycles. The van der Waals surface area contributed by atoms with Gasteiger partial charge in [-0.1, -0.05) is 36.2 Å². The van der Waals surface area contributed by atoms with Crippen LogP contribution in [0.2, 0.25) is 0 Å². The van der Waals surface area contributed by atoms with E-state index in [0.717, 1.165) is 25.7 Å². The van der Waals surface area contributed by atoms with E-state index in [0.29, 0.717) is 19.1 Å². The van der Waals surface area contributed by atoms with E-state index in [9.17, 15) is 5.26 Å². The summed E-state index contributed by atoms with van der Waals surface area (Å²) in [6, 6.07) is 2.67. The van der Waals surface area contributed by atoms with Crippen molar-refractivity contribution in [3.63, 3.8) is 0 Å². The molecular formula is C15H22BrNO2. The fourth-order valence-electron chi connectivity index (χ4n) is 4.58. The van der Waals surface area contributed by atoms with E-state index in [1.54, 1.807) is 0 Å². The van der Waals surface area contributed by atoms with Gasteiger partial charge >= 0.3 is 0 Å². The van der Waals surface area contributed by atoms with Crippen LogP contribution < -0.4 is 0 Å². The summed E-state index contributed by atoms with van der Waals surface area (Å²) in [5, 5.41) is 9.86. The van der Waals surface area contributed by atoms with Gasteiger partial charge in [0.15, 0.2) is 5.79 Å². The van der Waals surface area contributed by atoms with Crippen molar-refractivity contribution in [1.29, 1.82) is 5.26 Å². The Kier molecular flexibility index (Phi) is 3.24. The second-order valence-electron chi connectivity index (χ2n) is 7.05. The molecule has 0 unspecified atom stereocenters.